The van der Waals surface area contributed by atoms with E-state index in [1.807, 2.05) is 12.1 Å². The van der Waals surface area contributed by atoms with Gasteiger partial charge in [-0.25, -0.2) is 0 Å². The van der Waals surface area contributed by atoms with Gasteiger partial charge in [-0.15, -0.1) is 0 Å². The highest BCUT2D eigenvalue weighted by molar-refractivity contribution is 8.03. The summed E-state index contributed by atoms with van der Waals surface area (Å²) in [4.78, 5) is 37.1. The number of ketones is 2. The highest BCUT2D eigenvalue weighted by atomic mass is 32.2. The van der Waals surface area contributed by atoms with Gasteiger partial charge < -0.3 is 20.1 Å². The number of carbonyl (C=O) groups excluding carboxylic acids is 3. The maximum Gasteiger partial charge on any atom is 0.234 e. The highest BCUT2D eigenvalue weighted by Crippen LogP contribution is 2.46. The Morgan fingerprint density at radius 1 is 1.14 bits per heavy atom. The zero-order valence-corrected chi connectivity index (χ0v) is 20.4. The van der Waals surface area contributed by atoms with Crippen LogP contribution in [0.5, 0.6) is 11.5 Å². The standard InChI is InChI=1S/C27H23N3O5S/c1-15(31)16-5-8-18(9-6-16)29-24(33)13-36-27-19(12-28)25(26-20(30-27)3-2-4-21(26)32)17-7-10-22-23(11-17)35-14-34-22/h5-11,25,30H,2-4,13-14H2,1H3,(H,29,33)/t25-/m0/s1. The lowest BCUT2D eigenvalue weighted by Crippen LogP contribution is -2.31. The van der Waals surface area contributed by atoms with Gasteiger partial charge in [-0.05, 0) is 61.7 Å². The fourth-order valence-electron chi connectivity index (χ4n) is 4.59. The Hall–Kier alpha value is -4.03. The number of anilines is 1. The second-order valence-electron chi connectivity index (χ2n) is 8.66. The molecule has 8 nitrogen and oxygen atoms in total. The summed E-state index contributed by atoms with van der Waals surface area (Å²) < 4.78 is 10.9. The first kappa shape index (κ1) is 23.7. The van der Waals surface area contributed by atoms with Crippen molar-refractivity contribution in [3.05, 3.63) is 75.5 Å². The molecule has 1 atom stereocenters. The van der Waals surface area contributed by atoms with Gasteiger partial charge in [-0.2, -0.15) is 5.26 Å². The molecule has 0 bridgehead atoms. The first-order chi connectivity index (χ1) is 17.4. The van der Waals surface area contributed by atoms with E-state index in [0.717, 1.165) is 17.7 Å². The van der Waals surface area contributed by atoms with E-state index in [-0.39, 0.29) is 30.0 Å². The van der Waals surface area contributed by atoms with E-state index in [4.69, 9.17) is 9.47 Å². The van der Waals surface area contributed by atoms with E-state index in [9.17, 15) is 19.6 Å². The molecule has 36 heavy (non-hydrogen) atoms. The van der Waals surface area contributed by atoms with E-state index in [2.05, 4.69) is 16.7 Å². The molecular formula is C27H23N3O5S. The Bertz CT molecular complexity index is 1370. The molecule has 2 N–H and O–H groups in total. The van der Waals surface area contributed by atoms with Gasteiger partial charge in [0.25, 0.3) is 0 Å². The summed E-state index contributed by atoms with van der Waals surface area (Å²) in [5, 5.41) is 16.8. The molecule has 9 heteroatoms. The molecule has 5 rings (SSSR count). The fourth-order valence-corrected chi connectivity index (χ4v) is 5.45. The Labute approximate surface area is 212 Å². The monoisotopic (exact) mass is 501 g/mol. The molecule has 2 heterocycles. The number of rotatable bonds is 6. The number of hydrogen-bond donors (Lipinski definition) is 2. The maximum atomic E-state index is 13.0. The Morgan fingerprint density at radius 2 is 1.92 bits per heavy atom. The number of amides is 1. The molecule has 2 aromatic rings. The minimum Gasteiger partial charge on any atom is -0.454 e. The van der Waals surface area contributed by atoms with Gasteiger partial charge in [0.15, 0.2) is 23.1 Å². The number of allylic oxidation sites excluding steroid dienone is 3. The van der Waals surface area contributed by atoms with E-state index >= 15 is 0 Å². The van der Waals surface area contributed by atoms with Gasteiger partial charge in [0.05, 0.1) is 28.3 Å². The van der Waals surface area contributed by atoms with Crippen LogP contribution in [0.15, 0.2) is 64.3 Å². The van der Waals surface area contributed by atoms with Gasteiger partial charge in [0.1, 0.15) is 0 Å². The molecule has 0 unspecified atom stereocenters. The molecule has 0 saturated carbocycles. The van der Waals surface area contributed by atoms with Crippen molar-refractivity contribution in [2.24, 2.45) is 0 Å². The van der Waals surface area contributed by atoms with Crippen molar-refractivity contribution >= 4 is 34.9 Å². The third-order valence-electron chi connectivity index (χ3n) is 6.32. The summed E-state index contributed by atoms with van der Waals surface area (Å²) in [5.41, 5.74) is 3.72. The SMILES string of the molecule is CC(=O)c1ccc(NC(=O)CSC2=C(C#N)[C@H](c3ccc4c(c3)OCO4)C3=C(CCCC3=O)N2)cc1. The fraction of sp³-hybridized carbons (Fsp3) is 0.259. The summed E-state index contributed by atoms with van der Waals surface area (Å²) in [5.74, 6) is 0.455. The molecule has 2 aliphatic heterocycles. The van der Waals surface area contributed by atoms with E-state index in [0.29, 0.717) is 51.8 Å². The molecule has 2 aromatic carbocycles. The zero-order chi connectivity index (χ0) is 25.2. The van der Waals surface area contributed by atoms with Crippen molar-refractivity contribution in [1.82, 2.24) is 5.32 Å². The summed E-state index contributed by atoms with van der Waals surface area (Å²) >= 11 is 1.22. The van der Waals surface area contributed by atoms with Crippen molar-refractivity contribution in [3.63, 3.8) is 0 Å². The number of hydrogen-bond acceptors (Lipinski definition) is 8. The van der Waals surface area contributed by atoms with Crippen molar-refractivity contribution in [3.8, 4) is 17.6 Å². The lowest BCUT2D eigenvalue weighted by atomic mass is 9.77. The van der Waals surface area contributed by atoms with E-state index < -0.39 is 5.92 Å². The number of benzene rings is 2. The zero-order valence-electron chi connectivity index (χ0n) is 19.6. The van der Waals surface area contributed by atoms with Crippen LogP contribution in [0.25, 0.3) is 0 Å². The second kappa shape index (κ2) is 9.91. The molecule has 3 aliphatic rings. The van der Waals surface area contributed by atoms with Gasteiger partial charge in [0, 0.05) is 28.9 Å². The number of nitriles is 1. The van der Waals surface area contributed by atoms with Gasteiger partial charge in [-0.3, -0.25) is 14.4 Å². The molecule has 1 amide bonds. The molecule has 0 saturated heterocycles. The number of thioether (sulfide) groups is 1. The van der Waals surface area contributed by atoms with Crippen molar-refractivity contribution in [2.75, 3.05) is 17.9 Å². The first-order valence-electron chi connectivity index (χ1n) is 11.6. The van der Waals surface area contributed by atoms with Crippen LogP contribution < -0.4 is 20.1 Å². The Balaban J connectivity index is 1.40. The molecule has 182 valence electrons. The van der Waals surface area contributed by atoms with Crippen LogP contribution >= 0.6 is 11.8 Å². The molecule has 0 spiro atoms. The summed E-state index contributed by atoms with van der Waals surface area (Å²) in [6, 6.07) is 14.4. The predicted molar refractivity (Wildman–Crippen MR) is 134 cm³/mol. The third kappa shape index (κ3) is 4.60. The molecule has 1 aliphatic carbocycles. The summed E-state index contributed by atoms with van der Waals surface area (Å²) in [7, 11) is 0. The highest BCUT2D eigenvalue weighted by Gasteiger charge is 2.37. The summed E-state index contributed by atoms with van der Waals surface area (Å²) in [6.07, 6.45) is 1.86. The average Bonchev–Trinajstić information content (AvgIpc) is 3.35. The lowest BCUT2D eigenvalue weighted by molar-refractivity contribution is -0.116. The summed E-state index contributed by atoms with van der Waals surface area (Å²) in [6.45, 7) is 1.62. The largest absolute Gasteiger partial charge is 0.454 e. The molecule has 0 fully saturated rings. The van der Waals surface area contributed by atoms with Crippen LogP contribution in [0.4, 0.5) is 5.69 Å². The third-order valence-corrected chi connectivity index (χ3v) is 7.33. The Morgan fingerprint density at radius 3 is 2.67 bits per heavy atom. The van der Waals surface area contributed by atoms with Crippen LogP contribution in [-0.4, -0.2) is 30.0 Å². The molecule has 0 radical (unpaired) electrons. The van der Waals surface area contributed by atoms with Crippen molar-refractivity contribution < 1.29 is 23.9 Å². The van der Waals surface area contributed by atoms with Crippen molar-refractivity contribution in [1.29, 1.82) is 5.26 Å². The van der Waals surface area contributed by atoms with Gasteiger partial charge in [-0.1, -0.05) is 17.8 Å². The Kier molecular flexibility index (Phi) is 6.53. The van der Waals surface area contributed by atoms with Crippen LogP contribution in [-0.2, 0) is 9.59 Å². The van der Waals surface area contributed by atoms with Crippen LogP contribution in [0.2, 0.25) is 0 Å². The van der Waals surface area contributed by atoms with Crippen molar-refractivity contribution in [2.45, 2.75) is 32.1 Å². The number of carbonyl (C=O) groups is 3. The first-order valence-corrected chi connectivity index (χ1v) is 12.5. The number of dihydropyridines is 1. The maximum absolute atomic E-state index is 13.0. The van der Waals surface area contributed by atoms with Gasteiger partial charge in [0.2, 0.25) is 12.7 Å². The lowest BCUT2D eigenvalue weighted by Gasteiger charge is -2.33. The minimum atomic E-state index is -0.543. The average molecular weight is 502 g/mol. The second-order valence-corrected chi connectivity index (χ2v) is 9.65. The molecular weight excluding hydrogens is 478 g/mol. The topological polar surface area (TPSA) is 118 Å². The number of nitrogens with one attached hydrogen (secondary N) is 2. The molecule has 0 aromatic heterocycles. The number of fused-ring (bicyclic) bond motifs is 1. The number of Topliss-reactive ketones (excluding diaryl/α,β-unsaturated/α-hetero) is 2. The number of ether oxygens (including phenoxy) is 2. The minimum absolute atomic E-state index is 0.0231. The van der Waals surface area contributed by atoms with Crippen LogP contribution in [0, 0.1) is 11.3 Å². The van der Waals surface area contributed by atoms with E-state index in [1.165, 1.54) is 18.7 Å². The van der Waals surface area contributed by atoms with Crippen LogP contribution in [0.3, 0.4) is 0 Å². The van der Waals surface area contributed by atoms with Crippen LogP contribution in [0.1, 0.15) is 48.0 Å². The number of nitrogens with zero attached hydrogens (tertiary/aromatic N) is 1. The van der Waals surface area contributed by atoms with Gasteiger partial charge >= 0.3 is 0 Å². The smallest absolute Gasteiger partial charge is 0.234 e. The normalized spacial score (nSPS) is 18.3. The quantitative estimate of drug-likeness (QED) is 0.559. The van der Waals surface area contributed by atoms with E-state index in [1.54, 1.807) is 30.3 Å². The predicted octanol–water partition coefficient (Wildman–Crippen LogP) is 4.42.